The number of carbonyl (C=O) groups excluding carboxylic acids is 1. The van der Waals surface area contributed by atoms with Crippen LogP contribution in [0.25, 0.3) is 0 Å². The van der Waals surface area contributed by atoms with Crippen molar-refractivity contribution in [1.29, 1.82) is 0 Å². The normalized spacial score (nSPS) is 24.8. The van der Waals surface area contributed by atoms with Crippen LogP contribution >= 0.6 is 0 Å². The second-order valence-electron chi connectivity index (χ2n) is 5.24. The molecular formula is C13H21NO5. The number of hydrogen-bond acceptors (Lipinski definition) is 3. The third kappa shape index (κ3) is 3.94. The Balaban J connectivity index is 2.68. The fourth-order valence-electron chi connectivity index (χ4n) is 2.30. The van der Waals surface area contributed by atoms with Gasteiger partial charge in [0, 0.05) is 19.5 Å². The highest BCUT2D eigenvalue weighted by Crippen LogP contribution is 2.25. The van der Waals surface area contributed by atoms with Gasteiger partial charge in [-0.2, -0.15) is 0 Å². The molecule has 1 rings (SSSR count). The molecule has 0 bridgehead atoms. The summed E-state index contributed by atoms with van der Waals surface area (Å²) in [5.41, 5.74) is 0. The molecule has 1 amide bonds. The first-order valence-corrected chi connectivity index (χ1v) is 6.60. The summed E-state index contributed by atoms with van der Waals surface area (Å²) in [6, 6.07) is 0. The quantitative estimate of drug-likeness (QED) is 0.779. The average molecular weight is 271 g/mol. The monoisotopic (exact) mass is 271 g/mol. The van der Waals surface area contributed by atoms with Crippen molar-refractivity contribution in [3.8, 4) is 0 Å². The Hall–Kier alpha value is -1.59. The molecule has 2 N–H and O–H groups in total. The number of piperidine rings is 1. The van der Waals surface area contributed by atoms with Crippen molar-refractivity contribution < 1.29 is 24.6 Å². The Morgan fingerprint density at radius 1 is 1.21 bits per heavy atom. The SMILES string of the molecule is CCC(C)CC(=O)N1CCC(C(=O)O)C(C(=O)O)C1. The van der Waals surface area contributed by atoms with Gasteiger partial charge in [0.25, 0.3) is 0 Å². The second-order valence-corrected chi connectivity index (χ2v) is 5.24. The minimum Gasteiger partial charge on any atom is -0.481 e. The lowest BCUT2D eigenvalue weighted by Gasteiger charge is -2.35. The summed E-state index contributed by atoms with van der Waals surface area (Å²) in [5.74, 6) is -3.97. The molecule has 1 aliphatic rings. The molecule has 1 aliphatic heterocycles. The zero-order valence-electron chi connectivity index (χ0n) is 11.3. The van der Waals surface area contributed by atoms with E-state index in [9.17, 15) is 14.4 Å². The maximum atomic E-state index is 12.0. The molecule has 6 heteroatoms. The van der Waals surface area contributed by atoms with E-state index in [2.05, 4.69) is 0 Å². The molecule has 1 fully saturated rings. The Labute approximate surface area is 112 Å². The molecular weight excluding hydrogens is 250 g/mol. The van der Waals surface area contributed by atoms with Crippen LogP contribution in [0.2, 0.25) is 0 Å². The first-order chi connectivity index (χ1) is 8.86. The van der Waals surface area contributed by atoms with Crippen LogP contribution in [0.3, 0.4) is 0 Å². The molecule has 6 nitrogen and oxygen atoms in total. The molecule has 0 spiro atoms. The predicted octanol–water partition coefficient (Wildman–Crippen LogP) is 1.06. The topological polar surface area (TPSA) is 94.9 Å². The highest BCUT2D eigenvalue weighted by atomic mass is 16.4. The number of hydrogen-bond donors (Lipinski definition) is 2. The smallest absolute Gasteiger partial charge is 0.309 e. The molecule has 0 aliphatic carbocycles. The van der Waals surface area contributed by atoms with Crippen molar-refractivity contribution in [3.63, 3.8) is 0 Å². The standard InChI is InChI=1S/C13H21NO5/c1-3-8(2)6-11(15)14-5-4-9(12(16)17)10(7-14)13(18)19/h8-10H,3-7H2,1-2H3,(H,16,17)(H,18,19). The van der Waals surface area contributed by atoms with E-state index in [1.165, 1.54) is 4.90 Å². The van der Waals surface area contributed by atoms with Gasteiger partial charge in [-0.25, -0.2) is 0 Å². The average Bonchev–Trinajstić information content (AvgIpc) is 2.37. The van der Waals surface area contributed by atoms with Gasteiger partial charge in [-0.1, -0.05) is 20.3 Å². The summed E-state index contributed by atoms with van der Waals surface area (Å²) in [7, 11) is 0. The fourth-order valence-corrected chi connectivity index (χ4v) is 2.30. The highest BCUT2D eigenvalue weighted by Gasteiger charge is 2.39. The Bertz CT molecular complexity index is 368. The summed E-state index contributed by atoms with van der Waals surface area (Å²) in [6.45, 7) is 4.29. The minimum absolute atomic E-state index is 0.00156. The van der Waals surface area contributed by atoms with Gasteiger partial charge < -0.3 is 15.1 Å². The molecule has 1 heterocycles. The number of rotatable bonds is 5. The lowest BCUT2D eigenvalue weighted by Crippen LogP contribution is -2.48. The number of amides is 1. The van der Waals surface area contributed by atoms with Gasteiger partial charge in [0.2, 0.25) is 5.91 Å². The summed E-state index contributed by atoms with van der Waals surface area (Å²) in [5, 5.41) is 18.1. The zero-order valence-corrected chi connectivity index (χ0v) is 11.3. The van der Waals surface area contributed by atoms with Crippen LogP contribution in [0.1, 0.15) is 33.1 Å². The number of carboxylic acids is 2. The van der Waals surface area contributed by atoms with E-state index >= 15 is 0 Å². The van der Waals surface area contributed by atoms with E-state index in [0.717, 1.165) is 6.42 Å². The minimum atomic E-state index is -1.14. The lowest BCUT2D eigenvalue weighted by molar-refractivity contribution is -0.159. The Morgan fingerprint density at radius 3 is 2.26 bits per heavy atom. The summed E-state index contributed by atoms with van der Waals surface area (Å²) >= 11 is 0. The molecule has 108 valence electrons. The van der Waals surface area contributed by atoms with Gasteiger partial charge in [0.05, 0.1) is 11.8 Å². The number of nitrogens with zero attached hydrogens (tertiary/aromatic N) is 1. The van der Waals surface area contributed by atoms with Crippen LogP contribution in [0.5, 0.6) is 0 Å². The maximum absolute atomic E-state index is 12.0. The molecule has 0 aromatic carbocycles. The van der Waals surface area contributed by atoms with Gasteiger partial charge in [-0.15, -0.1) is 0 Å². The number of aliphatic carboxylic acids is 2. The molecule has 3 atom stereocenters. The zero-order chi connectivity index (χ0) is 14.6. The Kier molecular flexibility index (Phi) is 5.32. The molecule has 3 unspecified atom stereocenters. The van der Waals surface area contributed by atoms with Crippen molar-refractivity contribution >= 4 is 17.8 Å². The number of carbonyl (C=O) groups is 3. The van der Waals surface area contributed by atoms with E-state index in [4.69, 9.17) is 10.2 Å². The maximum Gasteiger partial charge on any atom is 0.309 e. The van der Waals surface area contributed by atoms with Crippen molar-refractivity contribution in [2.45, 2.75) is 33.1 Å². The number of carboxylic acid groups (broad SMARTS) is 2. The van der Waals surface area contributed by atoms with Crippen LogP contribution < -0.4 is 0 Å². The van der Waals surface area contributed by atoms with Crippen LogP contribution in [0, 0.1) is 17.8 Å². The van der Waals surface area contributed by atoms with Crippen LogP contribution in [0.15, 0.2) is 0 Å². The van der Waals surface area contributed by atoms with Gasteiger partial charge in [0.15, 0.2) is 0 Å². The van der Waals surface area contributed by atoms with E-state index in [0.29, 0.717) is 13.0 Å². The third-order valence-electron chi connectivity index (χ3n) is 3.82. The molecule has 0 saturated carbocycles. The largest absolute Gasteiger partial charge is 0.481 e. The third-order valence-corrected chi connectivity index (χ3v) is 3.82. The first kappa shape index (κ1) is 15.5. The molecule has 0 aromatic rings. The molecule has 0 aromatic heterocycles. The van der Waals surface area contributed by atoms with E-state index < -0.39 is 23.8 Å². The highest BCUT2D eigenvalue weighted by molar-refractivity contribution is 5.82. The predicted molar refractivity (Wildman–Crippen MR) is 67.5 cm³/mol. The Morgan fingerprint density at radius 2 is 1.79 bits per heavy atom. The van der Waals surface area contributed by atoms with Crippen molar-refractivity contribution in [2.75, 3.05) is 13.1 Å². The van der Waals surface area contributed by atoms with Crippen molar-refractivity contribution in [1.82, 2.24) is 4.90 Å². The van der Waals surface area contributed by atoms with E-state index in [1.54, 1.807) is 0 Å². The van der Waals surface area contributed by atoms with Gasteiger partial charge in [0.1, 0.15) is 0 Å². The number of likely N-dealkylation sites (tertiary alicyclic amines) is 1. The van der Waals surface area contributed by atoms with E-state index in [-0.39, 0.29) is 24.8 Å². The summed E-state index contributed by atoms with van der Waals surface area (Å²) in [4.78, 5) is 35.6. The van der Waals surface area contributed by atoms with Crippen LogP contribution in [-0.4, -0.2) is 46.0 Å². The van der Waals surface area contributed by atoms with E-state index in [1.807, 2.05) is 13.8 Å². The molecule has 1 saturated heterocycles. The lowest BCUT2D eigenvalue weighted by atomic mass is 9.85. The van der Waals surface area contributed by atoms with Gasteiger partial charge >= 0.3 is 11.9 Å². The fraction of sp³-hybridized carbons (Fsp3) is 0.769. The van der Waals surface area contributed by atoms with Gasteiger partial charge in [-0.05, 0) is 12.3 Å². The summed E-state index contributed by atoms with van der Waals surface area (Å²) in [6.07, 6.45) is 1.48. The molecule has 0 radical (unpaired) electrons. The first-order valence-electron chi connectivity index (χ1n) is 6.60. The second kappa shape index (κ2) is 6.54. The van der Waals surface area contributed by atoms with Crippen molar-refractivity contribution in [2.24, 2.45) is 17.8 Å². The molecule has 19 heavy (non-hydrogen) atoms. The van der Waals surface area contributed by atoms with Crippen LogP contribution in [0.4, 0.5) is 0 Å². The van der Waals surface area contributed by atoms with Crippen molar-refractivity contribution in [3.05, 3.63) is 0 Å². The van der Waals surface area contributed by atoms with Gasteiger partial charge in [-0.3, -0.25) is 14.4 Å². The summed E-state index contributed by atoms with van der Waals surface area (Å²) < 4.78 is 0. The van der Waals surface area contributed by atoms with Crippen LogP contribution in [-0.2, 0) is 14.4 Å².